The van der Waals surface area contributed by atoms with Crippen molar-refractivity contribution in [1.82, 2.24) is 4.98 Å². The van der Waals surface area contributed by atoms with Gasteiger partial charge in [0, 0.05) is 17.5 Å². The third-order valence-electron chi connectivity index (χ3n) is 5.48. The molecule has 3 aromatic rings. The summed E-state index contributed by atoms with van der Waals surface area (Å²) < 4.78 is 30.8. The molecule has 0 aliphatic carbocycles. The lowest BCUT2D eigenvalue weighted by Gasteiger charge is -2.14. The lowest BCUT2D eigenvalue weighted by Crippen LogP contribution is -2.25. The van der Waals surface area contributed by atoms with Crippen molar-refractivity contribution in [3.05, 3.63) is 59.7 Å². The van der Waals surface area contributed by atoms with E-state index in [1.807, 2.05) is 26.0 Å². The van der Waals surface area contributed by atoms with E-state index < -0.39 is 24.0 Å². The SMILES string of the molecule is Cc1nc(-c2ccc(-c3ccc(N4C[C@@H](CCOC(=O)CN)OC4=O)cc3F)cc2)oc1C. The number of benzene rings is 2. The minimum Gasteiger partial charge on any atom is -0.465 e. The Labute approximate surface area is 190 Å². The van der Waals surface area contributed by atoms with E-state index in [2.05, 4.69) is 4.98 Å². The highest BCUT2D eigenvalue weighted by molar-refractivity contribution is 5.90. The van der Waals surface area contributed by atoms with Gasteiger partial charge in [0.15, 0.2) is 0 Å². The number of esters is 1. The summed E-state index contributed by atoms with van der Waals surface area (Å²) in [6.07, 6.45) is -0.691. The van der Waals surface area contributed by atoms with Gasteiger partial charge in [-0.25, -0.2) is 14.2 Å². The van der Waals surface area contributed by atoms with Gasteiger partial charge in [0.1, 0.15) is 17.7 Å². The number of nitrogens with zero attached hydrogens (tertiary/aromatic N) is 2. The van der Waals surface area contributed by atoms with Crippen LogP contribution in [-0.4, -0.2) is 42.8 Å². The van der Waals surface area contributed by atoms with Gasteiger partial charge in [0.2, 0.25) is 5.89 Å². The number of amides is 1. The third kappa shape index (κ3) is 4.88. The molecule has 1 aliphatic rings. The topological polar surface area (TPSA) is 108 Å². The van der Waals surface area contributed by atoms with Crippen LogP contribution >= 0.6 is 0 Å². The Morgan fingerprint density at radius 3 is 2.58 bits per heavy atom. The number of hydrogen-bond donors (Lipinski definition) is 1. The maximum Gasteiger partial charge on any atom is 0.414 e. The van der Waals surface area contributed by atoms with Crippen molar-refractivity contribution in [2.24, 2.45) is 5.73 Å². The maximum absolute atomic E-state index is 14.9. The van der Waals surface area contributed by atoms with Gasteiger partial charge < -0.3 is 19.6 Å². The molecule has 0 spiro atoms. The van der Waals surface area contributed by atoms with Crippen LogP contribution in [0.25, 0.3) is 22.6 Å². The minimum absolute atomic E-state index is 0.0950. The zero-order valence-electron chi connectivity index (χ0n) is 18.3. The minimum atomic E-state index is -0.571. The Morgan fingerprint density at radius 1 is 1.21 bits per heavy atom. The molecular formula is C24H24FN3O5. The molecule has 0 radical (unpaired) electrons. The van der Waals surface area contributed by atoms with Crippen LogP contribution in [0.2, 0.25) is 0 Å². The quantitative estimate of drug-likeness (QED) is 0.539. The predicted octanol–water partition coefficient (Wildman–Crippen LogP) is 3.98. The Morgan fingerprint density at radius 2 is 1.94 bits per heavy atom. The van der Waals surface area contributed by atoms with Gasteiger partial charge >= 0.3 is 12.1 Å². The summed E-state index contributed by atoms with van der Waals surface area (Å²) in [6.45, 7) is 3.86. The van der Waals surface area contributed by atoms with Crippen LogP contribution in [-0.2, 0) is 14.3 Å². The number of hydrogen-bond acceptors (Lipinski definition) is 7. The average Bonchev–Trinajstić information content (AvgIpc) is 3.35. The van der Waals surface area contributed by atoms with Crippen molar-refractivity contribution in [2.45, 2.75) is 26.4 Å². The summed E-state index contributed by atoms with van der Waals surface area (Å²) in [6, 6.07) is 11.9. The van der Waals surface area contributed by atoms with Crippen molar-refractivity contribution in [3.8, 4) is 22.6 Å². The van der Waals surface area contributed by atoms with Crippen LogP contribution in [0.5, 0.6) is 0 Å². The number of halogens is 1. The first-order valence-corrected chi connectivity index (χ1v) is 10.5. The molecule has 1 aromatic heterocycles. The summed E-state index contributed by atoms with van der Waals surface area (Å²) in [5, 5.41) is 0. The van der Waals surface area contributed by atoms with E-state index in [1.165, 1.54) is 11.0 Å². The first-order chi connectivity index (χ1) is 15.9. The van der Waals surface area contributed by atoms with E-state index in [0.29, 0.717) is 29.1 Å². The van der Waals surface area contributed by atoms with Crippen molar-refractivity contribution in [3.63, 3.8) is 0 Å². The lowest BCUT2D eigenvalue weighted by molar-refractivity contribution is -0.142. The Kier molecular flexibility index (Phi) is 6.41. The molecular weight excluding hydrogens is 429 g/mol. The third-order valence-corrected chi connectivity index (χ3v) is 5.48. The van der Waals surface area contributed by atoms with Crippen LogP contribution in [0.15, 0.2) is 46.9 Å². The van der Waals surface area contributed by atoms with Crippen molar-refractivity contribution >= 4 is 17.7 Å². The zero-order valence-corrected chi connectivity index (χ0v) is 18.3. The summed E-state index contributed by atoms with van der Waals surface area (Å²) in [5.74, 6) is 0.297. The fourth-order valence-corrected chi connectivity index (χ4v) is 3.54. The van der Waals surface area contributed by atoms with Crippen molar-refractivity contribution in [2.75, 3.05) is 24.6 Å². The molecule has 1 amide bonds. The van der Waals surface area contributed by atoms with E-state index in [4.69, 9.17) is 19.6 Å². The molecule has 1 fully saturated rings. The molecule has 0 bridgehead atoms. The van der Waals surface area contributed by atoms with Gasteiger partial charge in [-0.05, 0) is 49.7 Å². The fourth-order valence-electron chi connectivity index (χ4n) is 3.54. The summed E-state index contributed by atoms with van der Waals surface area (Å²) >= 11 is 0. The number of anilines is 1. The molecule has 2 heterocycles. The average molecular weight is 453 g/mol. The van der Waals surface area contributed by atoms with Crippen LogP contribution in [0.1, 0.15) is 17.9 Å². The monoisotopic (exact) mass is 453 g/mol. The van der Waals surface area contributed by atoms with Gasteiger partial charge in [-0.1, -0.05) is 12.1 Å². The Balaban J connectivity index is 1.45. The zero-order chi connectivity index (χ0) is 23.5. The van der Waals surface area contributed by atoms with Gasteiger partial charge in [-0.15, -0.1) is 0 Å². The smallest absolute Gasteiger partial charge is 0.414 e. The Hall–Kier alpha value is -3.72. The number of aryl methyl sites for hydroxylation is 2. The van der Waals surface area contributed by atoms with Crippen LogP contribution in [0, 0.1) is 19.7 Å². The van der Waals surface area contributed by atoms with E-state index in [1.54, 1.807) is 24.3 Å². The van der Waals surface area contributed by atoms with Gasteiger partial charge in [0.25, 0.3) is 0 Å². The summed E-state index contributed by atoms with van der Waals surface area (Å²) in [5.41, 5.74) is 8.30. The molecule has 2 N–H and O–H groups in total. The van der Waals surface area contributed by atoms with E-state index >= 15 is 0 Å². The maximum atomic E-state index is 14.9. The molecule has 33 heavy (non-hydrogen) atoms. The number of aromatic nitrogens is 1. The van der Waals surface area contributed by atoms with Crippen LogP contribution in [0.3, 0.4) is 0 Å². The van der Waals surface area contributed by atoms with Crippen molar-refractivity contribution < 1.29 is 27.9 Å². The highest BCUT2D eigenvalue weighted by Gasteiger charge is 2.32. The Bertz CT molecular complexity index is 1160. The van der Waals surface area contributed by atoms with E-state index in [0.717, 1.165) is 17.0 Å². The van der Waals surface area contributed by atoms with Gasteiger partial charge in [-0.3, -0.25) is 9.69 Å². The first kappa shape index (κ1) is 22.5. The standard InChI is InChI=1S/C24H24FN3O5/c1-14-15(2)32-23(27-14)17-5-3-16(4-6-17)20-8-7-18(11-21(20)25)28-13-19(33-24(28)30)9-10-31-22(29)12-26/h3-8,11,19H,9-10,12-13,26H2,1-2H3/t19-/m1/s1. The number of ether oxygens (including phenoxy) is 2. The molecule has 0 unspecified atom stereocenters. The number of oxazole rings is 1. The first-order valence-electron chi connectivity index (χ1n) is 10.5. The second-order valence-corrected chi connectivity index (χ2v) is 7.73. The number of carbonyl (C=O) groups is 2. The largest absolute Gasteiger partial charge is 0.465 e. The molecule has 172 valence electrons. The fraction of sp³-hybridized carbons (Fsp3) is 0.292. The molecule has 4 rings (SSSR count). The molecule has 1 saturated heterocycles. The molecule has 8 nitrogen and oxygen atoms in total. The molecule has 1 atom stereocenters. The number of rotatable bonds is 7. The van der Waals surface area contributed by atoms with Crippen molar-refractivity contribution in [1.29, 1.82) is 0 Å². The lowest BCUT2D eigenvalue weighted by atomic mass is 10.0. The van der Waals surface area contributed by atoms with E-state index in [9.17, 15) is 14.0 Å². The molecule has 1 aliphatic heterocycles. The highest BCUT2D eigenvalue weighted by Crippen LogP contribution is 2.31. The summed E-state index contributed by atoms with van der Waals surface area (Å²) in [4.78, 5) is 29.1. The van der Waals surface area contributed by atoms with Crippen LogP contribution < -0.4 is 10.6 Å². The van der Waals surface area contributed by atoms with E-state index in [-0.39, 0.29) is 19.7 Å². The molecule has 2 aromatic carbocycles. The predicted molar refractivity (Wildman–Crippen MR) is 119 cm³/mol. The number of carbonyl (C=O) groups excluding carboxylic acids is 2. The van der Waals surface area contributed by atoms with Gasteiger partial charge in [0.05, 0.1) is 31.1 Å². The van der Waals surface area contributed by atoms with Gasteiger partial charge in [-0.2, -0.15) is 0 Å². The molecule has 9 heteroatoms. The summed E-state index contributed by atoms with van der Waals surface area (Å²) in [7, 11) is 0. The molecule has 0 saturated carbocycles. The highest BCUT2D eigenvalue weighted by atomic mass is 19.1. The number of nitrogens with two attached hydrogens (primary N) is 1. The number of cyclic esters (lactones) is 1. The normalized spacial score (nSPS) is 15.6. The second-order valence-electron chi connectivity index (χ2n) is 7.73. The second kappa shape index (κ2) is 9.41. The van der Waals surface area contributed by atoms with Crippen LogP contribution in [0.4, 0.5) is 14.9 Å².